The molecule has 6 heteroatoms. The fourth-order valence-corrected chi connectivity index (χ4v) is 5.05. The second-order valence-corrected chi connectivity index (χ2v) is 8.33. The number of benzene rings is 1. The van der Waals surface area contributed by atoms with Crippen LogP contribution in [0.2, 0.25) is 0 Å². The largest absolute Gasteiger partial charge is 0.468 e. The lowest BCUT2D eigenvalue weighted by Crippen LogP contribution is -2.55. The van der Waals surface area contributed by atoms with Crippen molar-refractivity contribution in [3.8, 4) is 11.3 Å². The van der Waals surface area contributed by atoms with Crippen LogP contribution in [0.25, 0.3) is 11.3 Å². The van der Waals surface area contributed by atoms with E-state index in [0.717, 1.165) is 36.7 Å². The molecule has 3 saturated heterocycles. The molecule has 3 aromatic rings. The van der Waals surface area contributed by atoms with Crippen molar-refractivity contribution in [2.24, 2.45) is 13.0 Å². The summed E-state index contributed by atoms with van der Waals surface area (Å²) < 4.78 is 20.7. The number of aromatic nitrogens is 2. The zero-order valence-electron chi connectivity index (χ0n) is 16.7. The molecule has 0 radical (unpaired) electrons. The van der Waals surface area contributed by atoms with Crippen molar-refractivity contribution < 1.29 is 8.81 Å². The van der Waals surface area contributed by atoms with Gasteiger partial charge in [0.05, 0.1) is 18.5 Å². The molecule has 29 heavy (non-hydrogen) atoms. The topological polar surface area (TPSA) is 46.2 Å². The first-order chi connectivity index (χ1) is 14.2. The number of hydrogen-bond acceptors (Lipinski definition) is 4. The van der Waals surface area contributed by atoms with Crippen LogP contribution in [0.15, 0.2) is 53.1 Å². The van der Waals surface area contributed by atoms with Crippen LogP contribution in [0.5, 0.6) is 0 Å². The Kier molecular flexibility index (Phi) is 4.97. The summed E-state index contributed by atoms with van der Waals surface area (Å²) in [4.78, 5) is 2.63. The number of halogens is 1. The van der Waals surface area contributed by atoms with E-state index in [1.807, 2.05) is 23.9 Å². The number of nitrogens with one attached hydrogen (secondary N) is 1. The maximum absolute atomic E-state index is 13.2. The molecule has 5 nitrogen and oxygen atoms in total. The normalized spacial score (nSPS) is 26.1. The highest BCUT2D eigenvalue weighted by Gasteiger charge is 2.41. The van der Waals surface area contributed by atoms with Gasteiger partial charge < -0.3 is 9.73 Å². The highest BCUT2D eigenvalue weighted by atomic mass is 19.1. The first kappa shape index (κ1) is 18.6. The lowest BCUT2D eigenvalue weighted by molar-refractivity contribution is 0.0280. The average molecular weight is 394 g/mol. The van der Waals surface area contributed by atoms with Crippen molar-refractivity contribution >= 4 is 0 Å². The molecule has 0 amide bonds. The van der Waals surface area contributed by atoms with E-state index in [4.69, 9.17) is 9.52 Å². The Bertz CT molecular complexity index is 950. The zero-order chi connectivity index (χ0) is 19.8. The van der Waals surface area contributed by atoms with Crippen molar-refractivity contribution in [1.82, 2.24) is 20.0 Å². The molecule has 2 aromatic heterocycles. The van der Waals surface area contributed by atoms with Gasteiger partial charge in [-0.25, -0.2) is 4.39 Å². The third-order valence-corrected chi connectivity index (χ3v) is 6.57. The second kappa shape index (κ2) is 7.76. The third-order valence-electron chi connectivity index (χ3n) is 6.57. The Labute approximate surface area is 170 Å². The maximum Gasteiger partial charge on any atom is 0.123 e. The predicted molar refractivity (Wildman–Crippen MR) is 110 cm³/mol. The quantitative estimate of drug-likeness (QED) is 0.691. The van der Waals surface area contributed by atoms with E-state index in [9.17, 15) is 4.39 Å². The molecule has 3 aliphatic heterocycles. The first-order valence-electron chi connectivity index (χ1n) is 10.4. The Morgan fingerprint density at radius 2 is 2.10 bits per heavy atom. The molecule has 0 spiro atoms. The van der Waals surface area contributed by atoms with E-state index < -0.39 is 0 Å². The van der Waals surface area contributed by atoms with Gasteiger partial charge in [-0.2, -0.15) is 5.10 Å². The van der Waals surface area contributed by atoms with E-state index in [1.165, 1.54) is 37.2 Å². The maximum atomic E-state index is 13.2. The molecular formula is C23H27FN4O. The third kappa shape index (κ3) is 3.74. The number of nitrogens with zero attached hydrogens (tertiary/aromatic N) is 3. The fraction of sp³-hybridized carbons (Fsp3) is 0.435. The van der Waals surface area contributed by atoms with Crippen molar-refractivity contribution in [1.29, 1.82) is 0 Å². The molecule has 0 saturated carbocycles. The summed E-state index contributed by atoms with van der Waals surface area (Å²) in [5.74, 6) is 1.97. The molecule has 2 bridgehead atoms. The van der Waals surface area contributed by atoms with Gasteiger partial charge in [-0.1, -0.05) is 0 Å². The van der Waals surface area contributed by atoms with Crippen LogP contribution in [0.4, 0.5) is 4.39 Å². The minimum absolute atomic E-state index is 0.214. The van der Waals surface area contributed by atoms with E-state index >= 15 is 0 Å². The van der Waals surface area contributed by atoms with Gasteiger partial charge in [-0.15, -0.1) is 0 Å². The van der Waals surface area contributed by atoms with E-state index in [1.54, 1.807) is 18.4 Å². The smallest absolute Gasteiger partial charge is 0.123 e. The minimum Gasteiger partial charge on any atom is -0.468 e. The average Bonchev–Trinajstić information content (AvgIpc) is 3.39. The molecule has 3 fully saturated rings. The Hall–Kier alpha value is -2.44. The summed E-state index contributed by atoms with van der Waals surface area (Å²) in [6.07, 6.45) is 4.19. The van der Waals surface area contributed by atoms with Crippen LogP contribution < -0.4 is 5.32 Å². The number of hydrogen-bond donors (Lipinski definition) is 1. The molecule has 1 N–H and O–H groups in total. The number of fused-ring (bicyclic) bond motifs is 3. The first-order valence-corrected chi connectivity index (χ1v) is 10.4. The van der Waals surface area contributed by atoms with Crippen LogP contribution in [-0.4, -0.2) is 40.4 Å². The van der Waals surface area contributed by atoms with Crippen LogP contribution in [0.3, 0.4) is 0 Å². The fourth-order valence-electron chi connectivity index (χ4n) is 5.05. The zero-order valence-corrected chi connectivity index (χ0v) is 16.7. The molecule has 1 aromatic carbocycles. The molecule has 152 valence electrons. The summed E-state index contributed by atoms with van der Waals surface area (Å²) in [5.41, 5.74) is 3.19. The van der Waals surface area contributed by atoms with Crippen molar-refractivity contribution in [3.63, 3.8) is 0 Å². The highest BCUT2D eigenvalue weighted by molar-refractivity contribution is 5.59. The molecule has 0 aliphatic carbocycles. The van der Waals surface area contributed by atoms with Gasteiger partial charge in [0.15, 0.2) is 0 Å². The number of piperidine rings is 3. The molecule has 3 aliphatic rings. The van der Waals surface area contributed by atoms with Gasteiger partial charge in [0.2, 0.25) is 0 Å². The summed E-state index contributed by atoms with van der Waals surface area (Å²) in [6, 6.07) is 13.3. The van der Waals surface area contributed by atoms with Crippen LogP contribution in [0.1, 0.15) is 30.2 Å². The van der Waals surface area contributed by atoms with Gasteiger partial charge in [0.25, 0.3) is 0 Å². The van der Waals surface area contributed by atoms with Gasteiger partial charge in [0.1, 0.15) is 11.6 Å². The second-order valence-electron chi connectivity index (χ2n) is 8.33. The van der Waals surface area contributed by atoms with Crippen molar-refractivity contribution in [2.45, 2.75) is 31.3 Å². The lowest BCUT2D eigenvalue weighted by Gasteiger charge is -2.50. The van der Waals surface area contributed by atoms with E-state index in [2.05, 4.69) is 16.3 Å². The SMILES string of the molecule is Cn1nc(-c2ccc(F)cc2)cc1[C@H]1CN2CC[C@H]1C[C@@H]2CNCc1ccco1. The summed E-state index contributed by atoms with van der Waals surface area (Å²) in [5, 5.41) is 8.27. The number of aryl methyl sites for hydroxylation is 1. The Morgan fingerprint density at radius 1 is 1.24 bits per heavy atom. The summed E-state index contributed by atoms with van der Waals surface area (Å²) >= 11 is 0. The molecular weight excluding hydrogens is 367 g/mol. The van der Waals surface area contributed by atoms with Crippen LogP contribution >= 0.6 is 0 Å². The Morgan fingerprint density at radius 3 is 2.83 bits per heavy atom. The molecule has 4 atom stereocenters. The highest BCUT2D eigenvalue weighted by Crippen LogP contribution is 2.42. The molecule has 5 heterocycles. The van der Waals surface area contributed by atoms with Gasteiger partial charge in [-0.3, -0.25) is 9.58 Å². The van der Waals surface area contributed by atoms with Crippen molar-refractivity contribution in [2.75, 3.05) is 19.6 Å². The molecule has 6 rings (SSSR count). The number of rotatable bonds is 6. The monoisotopic (exact) mass is 394 g/mol. The summed E-state index contributed by atoms with van der Waals surface area (Å²) in [6.45, 7) is 4.04. The summed E-state index contributed by atoms with van der Waals surface area (Å²) in [7, 11) is 2.03. The van der Waals surface area contributed by atoms with Crippen LogP contribution in [0, 0.1) is 11.7 Å². The van der Waals surface area contributed by atoms with Crippen molar-refractivity contribution in [3.05, 3.63) is 66.0 Å². The van der Waals surface area contributed by atoms with E-state index in [-0.39, 0.29) is 5.82 Å². The standard InChI is InChI=1S/C23H27FN4O/c1-27-23(12-22(26-27)16-4-6-18(24)7-5-16)21-15-28-9-8-17(21)11-19(28)13-25-14-20-3-2-10-29-20/h2-7,10,12,17,19,21,25H,8-9,11,13-15H2,1H3/t17-,19+,21-/m0/s1. The Balaban J connectivity index is 1.26. The van der Waals surface area contributed by atoms with Gasteiger partial charge in [0, 0.05) is 43.4 Å². The van der Waals surface area contributed by atoms with E-state index in [0.29, 0.717) is 17.9 Å². The predicted octanol–water partition coefficient (Wildman–Crippen LogP) is 3.79. The lowest BCUT2D eigenvalue weighted by atomic mass is 9.74. The van der Waals surface area contributed by atoms with Gasteiger partial charge >= 0.3 is 0 Å². The minimum atomic E-state index is -0.214. The molecule has 1 unspecified atom stereocenters. The van der Waals surface area contributed by atoms with Gasteiger partial charge in [-0.05, 0) is 67.8 Å². The van der Waals surface area contributed by atoms with Crippen LogP contribution in [-0.2, 0) is 13.6 Å². The number of furan rings is 1.